The Hall–Kier alpha value is -1.39. The van der Waals surface area contributed by atoms with E-state index in [9.17, 15) is 14.7 Å². The molecule has 0 heterocycles. The van der Waals surface area contributed by atoms with E-state index in [1.54, 1.807) is 12.1 Å². The van der Waals surface area contributed by atoms with Gasteiger partial charge >= 0.3 is 11.9 Å². The van der Waals surface area contributed by atoms with Crippen LogP contribution in [0.2, 0.25) is 5.02 Å². The highest BCUT2D eigenvalue weighted by molar-refractivity contribution is 6.30. The number of hydrogen-bond donors (Lipinski definition) is 1. The number of carbonyl (C=O) groups excluding carboxylic acids is 2. The number of benzene rings is 1. The maximum Gasteiger partial charge on any atom is 0.347 e. The summed E-state index contributed by atoms with van der Waals surface area (Å²) in [7, 11) is 0. The molecule has 4 nitrogen and oxygen atoms in total. The van der Waals surface area contributed by atoms with Crippen molar-refractivity contribution >= 4 is 23.5 Å². The van der Waals surface area contributed by atoms with Crippen LogP contribution in [0.4, 0.5) is 0 Å². The summed E-state index contributed by atoms with van der Waals surface area (Å²) >= 11 is 5.67. The van der Waals surface area contributed by atoms with Crippen molar-refractivity contribution in [2.24, 2.45) is 0 Å². The van der Waals surface area contributed by atoms with Crippen LogP contribution in [0.15, 0.2) is 24.3 Å². The molecule has 0 aliphatic heterocycles. The highest BCUT2D eigenvalue weighted by atomic mass is 35.5. The lowest BCUT2D eigenvalue weighted by Gasteiger charge is -2.08. The quantitative estimate of drug-likeness (QED) is 0.615. The van der Waals surface area contributed by atoms with Gasteiger partial charge in [0.25, 0.3) is 0 Å². The second kappa shape index (κ2) is 4.91. The molecular weight excluding hydrogens is 220 g/mol. The summed E-state index contributed by atoms with van der Waals surface area (Å²) in [6, 6.07) is 6.13. The lowest BCUT2D eigenvalue weighted by atomic mass is 10.1. The van der Waals surface area contributed by atoms with Crippen molar-refractivity contribution < 1.29 is 19.4 Å². The summed E-state index contributed by atoms with van der Waals surface area (Å²) in [5.74, 6) is -1.77. The molecule has 1 atom stereocenters. The second-order valence-corrected chi connectivity index (χ2v) is 3.31. The first-order valence-electron chi connectivity index (χ1n) is 4.16. The average Bonchev–Trinajstić information content (AvgIpc) is 2.15. The normalized spacial score (nSPS) is 11.9. The molecule has 1 aromatic rings. The maximum absolute atomic E-state index is 11.1. The minimum atomic E-state index is -1.49. The van der Waals surface area contributed by atoms with E-state index in [1.165, 1.54) is 12.1 Å². The molecule has 1 rings (SSSR count). The monoisotopic (exact) mass is 228 g/mol. The van der Waals surface area contributed by atoms with Crippen molar-refractivity contribution in [3.63, 3.8) is 0 Å². The third-order valence-electron chi connectivity index (χ3n) is 1.63. The average molecular weight is 229 g/mol. The first-order chi connectivity index (χ1) is 7.00. The fraction of sp³-hybridized carbons (Fsp3) is 0.200. The predicted octanol–water partition coefficient (Wildman–Crippen LogP) is 1.46. The molecular formula is C10H9ClO4. The number of aliphatic hydroxyl groups is 1. The molecule has 1 unspecified atom stereocenters. The molecule has 0 saturated heterocycles. The molecule has 0 spiro atoms. The Kier molecular flexibility index (Phi) is 3.82. The van der Waals surface area contributed by atoms with Crippen LogP contribution in [0.5, 0.6) is 0 Å². The van der Waals surface area contributed by atoms with Crippen LogP contribution in [0.25, 0.3) is 0 Å². The summed E-state index contributed by atoms with van der Waals surface area (Å²) in [5.41, 5.74) is 0.286. The van der Waals surface area contributed by atoms with Crippen molar-refractivity contribution in [3.8, 4) is 0 Å². The standard InChI is InChI=1S/C10H9ClO4/c1-6(12)15-10(14)9(13)7-3-2-4-8(11)5-7/h2-5,9,13H,1H3. The van der Waals surface area contributed by atoms with Gasteiger partial charge in [0, 0.05) is 11.9 Å². The Labute approximate surface area is 91.4 Å². The molecule has 0 bridgehead atoms. The van der Waals surface area contributed by atoms with Crippen LogP contribution in [0.3, 0.4) is 0 Å². The highest BCUT2D eigenvalue weighted by Crippen LogP contribution is 2.18. The minimum absolute atomic E-state index is 0.286. The molecule has 0 aromatic heterocycles. The van der Waals surface area contributed by atoms with E-state index >= 15 is 0 Å². The second-order valence-electron chi connectivity index (χ2n) is 2.87. The van der Waals surface area contributed by atoms with Crippen molar-refractivity contribution in [1.29, 1.82) is 0 Å². The molecule has 1 N–H and O–H groups in total. The molecule has 1 aromatic carbocycles. The molecule has 0 saturated carbocycles. The van der Waals surface area contributed by atoms with E-state index in [0.29, 0.717) is 5.02 Å². The van der Waals surface area contributed by atoms with Gasteiger partial charge in [0.2, 0.25) is 0 Å². The minimum Gasteiger partial charge on any atom is -0.391 e. The van der Waals surface area contributed by atoms with Gasteiger partial charge in [0.05, 0.1) is 0 Å². The highest BCUT2D eigenvalue weighted by Gasteiger charge is 2.20. The van der Waals surface area contributed by atoms with Crippen LogP contribution >= 0.6 is 11.6 Å². The fourth-order valence-corrected chi connectivity index (χ4v) is 1.21. The third-order valence-corrected chi connectivity index (χ3v) is 1.87. The summed E-state index contributed by atoms with van der Waals surface area (Å²) < 4.78 is 4.24. The van der Waals surface area contributed by atoms with Gasteiger partial charge < -0.3 is 9.84 Å². The first-order valence-corrected chi connectivity index (χ1v) is 4.54. The number of carbonyl (C=O) groups is 2. The van der Waals surface area contributed by atoms with Crippen LogP contribution < -0.4 is 0 Å². The van der Waals surface area contributed by atoms with Crippen LogP contribution in [0, 0.1) is 0 Å². The summed E-state index contributed by atoms with van der Waals surface area (Å²) in [5, 5.41) is 9.87. The van der Waals surface area contributed by atoms with Crippen LogP contribution in [-0.2, 0) is 14.3 Å². The molecule has 15 heavy (non-hydrogen) atoms. The van der Waals surface area contributed by atoms with Gasteiger partial charge in [-0.1, -0.05) is 23.7 Å². The molecule has 0 radical (unpaired) electrons. The van der Waals surface area contributed by atoms with E-state index in [4.69, 9.17) is 11.6 Å². The van der Waals surface area contributed by atoms with Crippen molar-refractivity contribution in [2.75, 3.05) is 0 Å². The molecule has 0 fully saturated rings. The first kappa shape index (κ1) is 11.7. The number of aliphatic hydroxyl groups excluding tert-OH is 1. The van der Waals surface area contributed by atoms with Gasteiger partial charge in [-0.2, -0.15) is 0 Å². The Balaban J connectivity index is 2.80. The third kappa shape index (κ3) is 3.34. The number of halogens is 1. The maximum atomic E-state index is 11.1. The Bertz CT molecular complexity index is 389. The van der Waals surface area contributed by atoms with E-state index in [-0.39, 0.29) is 5.56 Å². The Morgan fingerprint density at radius 2 is 2.13 bits per heavy atom. The molecule has 0 aliphatic carbocycles. The molecule has 5 heteroatoms. The smallest absolute Gasteiger partial charge is 0.347 e. The molecule has 0 aliphatic rings. The zero-order chi connectivity index (χ0) is 11.4. The zero-order valence-corrected chi connectivity index (χ0v) is 8.69. The number of ether oxygens (including phenoxy) is 1. The van der Waals surface area contributed by atoms with E-state index < -0.39 is 18.0 Å². The topological polar surface area (TPSA) is 63.6 Å². The summed E-state index contributed by atoms with van der Waals surface area (Å²) in [6.45, 7) is 1.09. The van der Waals surface area contributed by atoms with Crippen molar-refractivity contribution in [3.05, 3.63) is 34.9 Å². The SMILES string of the molecule is CC(=O)OC(=O)C(O)c1cccc(Cl)c1. The van der Waals surface area contributed by atoms with Crippen molar-refractivity contribution in [1.82, 2.24) is 0 Å². The molecule has 80 valence electrons. The number of hydrogen-bond acceptors (Lipinski definition) is 4. The van der Waals surface area contributed by atoms with Crippen molar-refractivity contribution in [2.45, 2.75) is 13.0 Å². The van der Waals surface area contributed by atoms with Gasteiger partial charge in [-0.05, 0) is 17.7 Å². The Morgan fingerprint density at radius 3 is 2.67 bits per heavy atom. The lowest BCUT2D eigenvalue weighted by molar-refractivity contribution is -0.164. The summed E-state index contributed by atoms with van der Waals surface area (Å²) in [6.07, 6.45) is -1.49. The van der Waals surface area contributed by atoms with E-state index in [2.05, 4.69) is 4.74 Å². The van der Waals surface area contributed by atoms with Crippen LogP contribution in [0.1, 0.15) is 18.6 Å². The summed E-state index contributed by atoms with van der Waals surface area (Å²) in [4.78, 5) is 21.6. The van der Waals surface area contributed by atoms with Gasteiger partial charge in [-0.25, -0.2) is 4.79 Å². The number of esters is 2. The predicted molar refractivity (Wildman–Crippen MR) is 53.2 cm³/mol. The fourth-order valence-electron chi connectivity index (χ4n) is 1.01. The molecule has 0 amide bonds. The largest absolute Gasteiger partial charge is 0.391 e. The Morgan fingerprint density at radius 1 is 1.47 bits per heavy atom. The zero-order valence-electron chi connectivity index (χ0n) is 7.94. The van der Waals surface area contributed by atoms with E-state index in [0.717, 1.165) is 6.92 Å². The van der Waals surface area contributed by atoms with Gasteiger partial charge in [0.1, 0.15) is 0 Å². The lowest BCUT2D eigenvalue weighted by Crippen LogP contribution is -2.17. The van der Waals surface area contributed by atoms with E-state index in [1.807, 2.05) is 0 Å². The van der Waals surface area contributed by atoms with Gasteiger partial charge in [-0.15, -0.1) is 0 Å². The van der Waals surface area contributed by atoms with Gasteiger partial charge in [-0.3, -0.25) is 4.79 Å². The number of rotatable bonds is 2. The van der Waals surface area contributed by atoms with Gasteiger partial charge in [0.15, 0.2) is 6.10 Å². The van der Waals surface area contributed by atoms with Crippen LogP contribution in [-0.4, -0.2) is 17.0 Å².